The zero-order chi connectivity index (χ0) is 22.7. The zero-order valence-corrected chi connectivity index (χ0v) is 20.1. The van der Waals surface area contributed by atoms with E-state index in [0.29, 0.717) is 37.5 Å². The van der Waals surface area contributed by atoms with Crippen LogP contribution in [0.3, 0.4) is 0 Å². The summed E-state index contributed by atoms with van der Waals surface area (Å²) in [5.41, 5.74) is 1.26. The SMILES string of the molecule is CC(C)c1noc(N2CCC(COc3ccc(C4CCN(S(C)(=O)=O)CC4)cc3)CC2)n1. The maximum atomic E-state index is 11.7. The maximum absolute atomic E-state index is 11.7. The second kappa shape index (κ2) is 9.79. The van der Waals surface area contributed by atoms with Crippen molar-refractivity contribution in [1.29, 1.82) is 0 Å². The summed E-state index contributed by atoms with van der Waals surface area (Å²) in [6.45, 7) is 7.84. The van der Waals surface area contributed by atoms with Crippen molar-refractivity contribution in [1.82, 2.24) is 14.4 Å². The van der Waals surface area contributed by atoms with E-state index in [1.165, 1.54) is 11.8 Å². The van der Waals surface area contributed by atoms with Crippen LogP contribution in [0.25, 0.3) is 0 Å². The van der Waals surface area contributed by atoms with Crippen LogP contribution in [-0.2, 0) is 10.0 Å². The number of ether oxygens (including phenoxy) is 1. The largest absolute Gasteiger partial charge is 0.493 e. The highest BCUT2D eigenvalue weighted by Crippen LogP contribution is 2.30. The Balaban J connectivity index is 1.21. The fourth-order valence-electron chi connectivity index (χ4n) is 4.45. The molecule has 176 valence electrons. The average molecular weight is 463 g/mol. The van der Waals surface area contributed by atoms with Crippen LogP contribution in [0.2, 0.25) is 0 Å². The first-order chi connectivity index (χ1) is 15.3. The van der Waals surface area contributed by atoms with Crippen molar-refractivity contribution in [2.45, 2.75) is 51.4 Å². The van der Waals surface area contributed by atoms with Crippen molar-refractivity contribution in [3.05, 3.63) is 35.7 Å². The number of hydrogen-bond donors (Lipinski definition) is 0. The van der Waals surface area contributed by atoms with Crippen LogP contribution in [0.5, 0.6) is 5.75 Å². The van der Waals surface area contributed by atoms with Crippen molar-refractivity contribution >= 4 is 16.0 Å². The molecule has 9 heteroatoms. The molecule has 0 amide bonds. The number of aromatic nitrogens is 2. The highest BCUT2D eigenvalue weighted by molar-refractivity contribution is 7.88. The molecular weight excluding hydrogens is 428 g/mol. The number of piperidine rings is 2. The average Bonchev–Trinajstić information content (AvgIpc) is 3.29. The third kappa shape index (κ3) is 5.61. The summed E-state index contributed by atoms with van der Waals surface area (Å²) in [5.74, 6) is 2.84. The molecule has 1 aromatic heterocycles. The summed E-state index contributed by atoms with van der Waals surface area (Å²) in [6.07, 6.45) is 5.10. The molecule has 0 atom stereocenters. The lowest BCUT2D eigenvalue weighted by Gasteiger charge is -2.31. The minimum absolute atomic E-state index is 0.269. The summed E-state index contributed by atoms with van der Waals surface area (Å²) in [4.78, 5) is 6.67. The van der Waals surface area contributed by atoms with E-state index in [0.717, 1.165) is 50.3 Å². The van der Waals surface area contributed by atoms with Gasteiger partial charge in [-0.2, -0.15) is 4.98 Å². The molecule has 0 unspecified atom stereocenters. The molecule has 0 radical (unpaired) electrons. The number of rotatable bonds is 7. The summed E-state index contributed by atoms with van der Waals surface area (Å²) in [5, 5.41) is 4.06. The van der Waals surface area contributed by atoms with Gasteiger partial charge in [0.2, 0.25) is 10.0 Å². The van der Waals surface area contributed by atoms with Gasteiger partial charge in [0.1, 0.15) is 5.75 Å². The first-order valence-corrected chi connectivity index (χ1v) is 13.4. The zero-order valence-electron chi connectivity index (χ0n) is 19.2. The van der Waals surface area contributed by atoms with Gasteiger partial charge in [0.15, 0.2) is 5.82 Å². The first kappa shape index (κ1) is 23.0. The van der Waals surface area contributed by atoms with E-state index >= 15 is 0 Å². The van der Waals surface area contributed by atoms with Crippen LogP contribution in [0, 0.1) is 5.92 Å². The Morgan fingerprint density at radius 3 is 2.28 bits per heavy atom. The summed E-state index contributed by atoms with van der Waals surface area (Å²) in [6, 6.07) is 8.96. The molecule has 2 saturated heterocycles. The minimum Gasteiger partial charge on any atom is -0.493 e. The Morgan fingerprint density at radius 2 is 1.72 bits per heavy atom. The molecule has 1 aromatic carbocycles. The van der Waals surface area contributed by atoms with E-state index in [9.17, 15) is 8.42 Å². The molecule has 0 N–H and O–H groups in total. The van der Waals surface area contributed by atoms with Crippen molar-refractivity contribution in [2.24, 2.45) is 5.92 Å². The molecule has 0 saturated carbocycles. The number of hydrogen-bond acceptors (Lipinski definition) is 7. The molecule has 0 aliphatic carbocycles. The van der Waals surface area contributed by atoms with Crippen molar-refractivity contribution in [3.63, 3.8) is 0 Å². The highest BCUT2D eigenvalue weighted by Gasteiger charge is 2.26. The Bertz CT molecular complexity index is 974. The van der Waals surface area contributed by atoms with Gasteiger partial charge in [-0.1, -0.05) is 31.1 Å². The summed E-state index contributed by atoms with van der Waals surface area (Å²) >= 11 is 0. The van der Waals surface area contributed by atoms with Crippen molar-refractivity contribution in [3.8, 4) is 5.75 Å². The van der Waals surface area contributed by atoms with Crippen LogP contribution >= 0.6 is 0 Å². The first-order valence-electron chi connectivity index (χ1n) is 11.6. The molecule has 2 fully saturated rings. The predicted octanol–water partition coefficient (Wildman–Crippen LogP) is 3.63. The smallest absolute Gasteiger partial charge is 0.324 e. The van der Waals surface area contributed by atoms with E-state index < -0.39 is 10.0 Å². The second-order valence-electron chi connectivity index (χ2n) is 9.34. The highest BCUT2D eigenvalue weighted by atomic mass is 32.2. The second-order valence-corrected chi connectivity index (χ2v) is 11.3. The molecule has 32 heavy (non-hydrogen) atoms. The fraction of sp³-hybridized carbons (Fsp3) is 0.652. The van der Waals surface area contributed by atoms with Gasteiger partial charge in [-0.15, -0.1) is 0 Å². The predicted molar refractivity (Wildman–Crippen MR) is 124 cm³/mol. The van der Waals surface area contributed by atoms with E-state index in [1.54, 1.807) is 4.31 Å². The molecular formula is C23H34N4O4S. The molecule has 2 aromatic rings. The van der Waals surface area contributed by atoms with E-state index in [2.05, 4.69) is 41.0 Å². The lowest BCUT2D eigenvalue weighted by Crippen LogP contribution is -2.37. The molecule has 4 rings (SSSR count). The lowest BCUT2D eigenvalue weighted by atomic mass is 9.90. The molecule has 8 nitrogen and oxygen atoms in total. The van der Waals surface area contributed by atoms with Crippen LogP contribution in [-0.4, -0.2) is 61.9 Å². The summed E-state index contributed by atoms with van der Waals surface area (Å²) < 4.78 is 36.4. The molecule has 3 heterocycles. The van der Waals surface area contributed by atoms with Gasteiger partial charge in [0.05, 0.1) is 12.9 Å². The summed E-state index contributed by atoms with van der Waals surface area (Å²) in [7, 11) is -3.08. The quantitative estimate of drug-likeness (QED) is 0.621. The molecule has 2 aliphatic heterocycles. The Hall–Kier alpha value is -2.13. The van der Waals surface area contributed by atoms with Crippen molar-refractivity contribution in [2.75, 3.05) is 43.9 Å². The Morgan fingerprint density at radius 1 is 1.06 bits per heavy atom. The van der Waals surface area contributed by atoms with E-state index in [-0.39, 0.29) is 5.92 Å². The van der Waals surface area contributed by atoms with Gasteiger partial charge in [-0.25, -0.2) is 12.7 Å². The van der Waals surface area contributed by atoms with Gasteiger partial charge in [0, 0.05) is 32.1 Å². The fourth-order valence-corrected chi connectivity index (χ4v) is 5.33. The van der Waals surface area contributed by atoms with Gasteiger partial charge >= 0.3 is 6.01 Å². The topological polar surface area (TPSA) is 88.8 Å². The standard InChI is InChI=1S/C23H34N4O4S/c1-17(2)22-24-23(31-25-22)26-12-8-18(9-13-26)16-30-21-6-4-19(5-7-21)20-10-14-27(15-11-20)32(3,28)29/h4-7,17-18,20H,8-16H2,1-3H3. The Kier molecular flexibility index (Phi) is 7.05. The molecule has 0 spiro atoms. The van der Waals surface area contributed by atoms with E-state index in [1.807, 2.05) is 12.1 Å². The van der Waals surface area contributed by atoms with Crippen LogP contribution < -0.4 is 9.64 Å². The number of anilines is 1. The monoisotopic (exact) mass is 462 g/mol. The van der Waals surface area contributed by atoms with Gasteiger partial charge in [-0.05, 0) is 55.2 Å². The number of benzene rings is 1. The molecule has 2 aliphatic rings. The third-order valence-corrected chi connectivity index (χ3v) is 7.90. The van der Waals surface area contributed by atoms with Crippen molar-refractivity contribution < 1.29 is 17.7 Å². The lowest BCUT2D eigenvalue weighted by molar-refractivity contribution is 0.220. The van der Waals surface area contributed by atoms with Gasteiger partial charge in [-0.3, -0.25) is 0 Å². The number of nitrogens with zero attached hydrogens (tertiary/aromatic N) is 4. The van der Waals surface area contributed by atoms with E-state index in [4.69, 9.17) is 9.26 Å². The normalized spacial score (nSPS) is 19.6. The molecule has 0 bridgehead atoms. The van der Waals surface area contributed by atoms with Gasteiger partial charge < -0.3 is 14.2 Å². The van der Waals surface area contributed by atoms with Crippen LogP contribution in [0.15, 0.2) is 28.8 Å². The number of sulfonamides is 1. The van der Waals surface area contributed by atoms with Crippen LogP contribution in [0.1, 0.15) is 62.8 Å². The van der Waals surface area contributed by atoms with Gasteiger partial charge in [0.25, 0.3) is 0 Å². The minimum atomic E-state index is -3.08. The Labute approximate surface area is 191 Å². The third-order valence-electron chi connectivity index (χ3n) is 6.59. The van der Waals surface area contributed by atoms with Crippen LogP contribution in [0.4, 0.5) is 6.01 Å². The maximum Gasteiger partial charge on any atom is 0.324 e.